The third-order valence-electron chi connectivity index (χ3n) is 1.98. The summed E-state index contributed by atoms with van der Waals surface area (Å²) >= 11 is 1.02. The van der Waals surface area contributed by atoms with Crippen molar-refractivity contribution in [2.24, 2.45) is 0 Å². The molecule has 96 valence electrons. The normalized spacial score (nSPS) is 11.5. The number of thiazole rings is 1. The molecule has 0 unspecified atom stereocenters. The van der Waals surface area contributed by atoms with Gasteiger partial charge in [-0.3, -0.25) is 4.72 Å². The van der Waals surface area contributed by atoms with Crippen LogP contribution in [0.5, 0.6) is 0 Å². The zero-order valence-electron chi connectivity index (χ0n) is 9.15. The molecule has 0 aliphatic heterocycles. The first-order chi connectivity index (χ1) is 8.35. The lowest BCUT2D eigenvalue weighted by Crippen LogP contribution is -2.09. The zero-order chi connectivity index (χ0) is 13.3. The quantitative estimate of drug-likeness (QED) is 0.944. The van der Waals surface area contributed by atoms with Crippen molar-refractivity contribution in [2.45, 2.75) is 0 Å². The summed E-state index contributed by atoms with van der Waals surface area (Å²) in [7, 11) is -3.42. The van der Waals surface area contributed by atoms with Crippen LogP contribution in [0.25, 0.3) is 11.3 Å². The van der Waals surface area contributed by atoms with Gasteiger partial charge in [-0.05, 0) is 12.1 Å². The van der Waals surface area contributed by atoms with Gasteiger partial charge >= 0.3 is 0 Å². The minimum absolute atomic E-state index is 0.120. The lowest BCUT2D eigenvalue weighted by molar-refractivity contribution is 0.585. The van der Waals surface area contributed by atoms with Crippen LogP contribution in [0.1, 0.15) is 0 Å². The van der Waals surface area contributed by atoms with E-state index in [1.165, 1.54) is 11.4 Å². The Balaban J connectivity index is 2.35. The monoisotopic (exact) mass is 290 g/mol. The topological polar surface area (TPSA) is 59.1 Å². The Morgan fingerprint density at radius 3 is 2.67 bits per heavy atom. The summed E-state index contributed by atoms with van der Waals surface area (Å²) in [5.74, 6) is -1.42. The molecule has 0 spiro atoms. The second kappa shape index (κ2) is 4.62. The van der Waals surface area contributed by atoms with E-state index >= 15 is 0 Å². The molecule has 1 heterocycles. The molecule has 18 heavy (non-hydrogen) atoms. The van der Waals surface area contributed by atoms with Gasteiger partial charge in [0, 0.05) is 17.0 Å². The average molecular weight is 290 g/mol. The van der Waals surface area contributed by atoms with E-state index in [2.05, 4.69) is 9.71 Å². The number of anilines is 1. The number of nitrogens with one attached hydrogen (secondary N) is 1. The van der Waals surface area contributed by atoms with Gasteiger partial charge in [0.25, 0.3) is 0 Å². The highest BCUT2D eigenvalue weighted by molar-refractivity contribution is 7.92. The van der Waals surface area contributed by atoms with Gasteiger partial charge in [-0.2, -0.15) is 0 Å². The van der Waals surface area contributed by atoms with Gasteiger partial charge in [0.05, 0.1) is 11.9 Å². The lowest BCUT2D eigenvalue weighted by atomic mass is 10.1. The van der Waals surface area contributed by atoms with E-state index in [-0.39, 0.29) is 16.4 Å². The van der Waals surface area contributed by atoms with Crippen LogP contribution in [0.2, 0.25) is 0 Å². The van der Waals surface area contributed by atoms with E-state index in [0.717, 1.165) is 29.7 Å². The van der Waals surface area contributed by atoms with Crippen molar-refractivity contribution in [1.82, 2.24) is 4.98 Å². The van der Waals surface area contributed by atoms with Crippen LogP contribution in [-0.4, -0.2) is 19.7 Å². The van der Waals surface area contributed by atoms with Crippen molar-refractivity contribution in [3.05, 3.63) is 35.2 Å². The summed E-state index contributed by atoms with van der Waals surface area (Å²) in [6.07, 6.45) is 0.993. The summed E-state index contributed by atoms with van der Waals surface area (Å²) in [4.78, 5) is 3.92. The van der Waals surface area contributed by atoms with Crippen molar-refractivity contribution >= 4 is 26.5 Å². The molecule has 2 aromatic rings. The number of sulfonamides is 1. The van der Waals surface area contributed by atoms with Gasteiger partial charge in [0.2, 0.25) is 10.0 Å². The van der Waals surface area contributed by atoms with E-state index in [9.17, 15) is 17.2 Å². The molecule has 0 aliphatic rings. The molecule has 0 amide bonds. The van der Waals surface area contributed by atoms with E-state index < -0.39 is 21.7 Å². The lowest BCUT2D eigenvalue weighted by Gasteiger charge is -1.99. The van der Waals surface area contributed by atoms with Crippen molar-refractivity contribution in [1.29, 1.82) is 0 Å². The summed E-state index contributed by atoms with van der Waals surface area (Å²) < 4.78 is 50.4. The highest BCUT2D eigenvalue weighted by Crippen LogP contribution is 2.27. The molecule has 0 atom stereocenters. The van der Waals surface area contributed by atoms with E-state index in [1.807, 2.05) is 0 Å². The van der Waals surface area contributed by atoms with Gasteiger partial charge in [0.15, 0.2) is 5.13 Å². The molecule has 1 N–H and O–H groups in total. The molecule has 1 aromatic heterocycles. The fraction of sp³-hybridized carbons (Fsp3) is 0.100. The number of nitrogens with zero attached hydrogens (tertiary/aromatic N) is 1. The van der Waals surface area contributed by atoms with Crippen LogP contribution in [0.3, 0.4) is 0 Å². The Morgan fingerprint density at radius 2 is 2.06 bits per heavy atom. The summed E-state index contributed by atoms with van der Waals surface area (Å²) in [5.41, 5.74) is 0.373. The molecular formula is C10H8F2N2O2S2. The van der Waals surface area contributed by atoms with Crippen molar-refractivity contribution in [2.75, 3.05) is 11.0 Å². The third kappa shape index (κ3) is 3.02. The Labute approximate surface area is 106 Å². The SMILES string of the molecule is CS(=O)(=O)Nc1nc(-c2ccc(F)cc2F)cs1. The molecule has 8 heteroatoms. The molecule has 0 saturated heterocycles. The molecule has 2 rings (SSSR count). The number of halogens is 2. The molecule has 1 aromatic carbocycles. The molecule has 0 bridgehead atoms. The van der Waals surface area contributed by atoms with Gasteiger partial charge in [-0.1, -0.05) is 0 Å². The van der Waals surface area contributed by atoms with Crippen LogP contribution < -0.4 is 4.72 Å². The number of rotatable bonds is 3. The van der Waals surface area contributed by atoms with Crippen molar-refractivity contribution in [3.63, 3.8) is 0 Å². The number of aromatic nitrogens is 1. The van der Waals surface area contributed by atoms with Gasteiger partial charge in [-0.25, -0.2) is 22.2 Å². The second-order valence-corrected chi connectivity index (χ2v) is 6.14. The first-order valence-corrected chi connectivity index (χ1v) is 7.51. The maximum Gasteiger partial charge on any atom is 0.231 e. The molecule has 0 fully saturated rings. The minimum atomic E-state index is -3.42. The number of hydrogen-bond donors (Lipinski definition) is 1. The molecule has 0 radical (unpaired) electrons. The maximum absolute atomic E-state index is 13.5. The minimum Gasteiger partial charge on any atom is -0.259 e. The fourth-order valence-electron chi connectivity index (χ4n) is 1.30. The Bertz CT molecular complexity index is 683. The predicted octanol–water partition coefficient (Wildman–Crippen LogP) is 2.46. The van der Waals surface area contributed by atoms with Crippen LogP contribution in [0.4, 0.5) is 13.9 Å². The largest absolute Gasteiger partial charge is 0.259 e. The van der Waals surface area contributed by atoms with E-state index in [0.29, 0.717) is 0 Å². The second-order valence-electron chi connectivity index (χ2n) is 3.54. The van der Waals surface area contributed by atoms with Crippen molar-refractivity contribution < 1.29 is 17.2 Å². The Kier molecular flexibility index (Phi) is 3.31. The molecular weight excluding hydrogens is 282 g/mol. The number of benzene rings is 1. The standard InChI is InChI=1S/C10H8F2N2O2S2/c1-18(15,16)14-10-13-9(5-17-10)7-3-2-6(11)4-8(7)12/h2-5H,1H3,(H,13,14). The maximum atomic E-state index is 13.5. The van der Waals surface area contributed by atoms with Crippen LogP contribution in [-0.2, 0) is 10.0 Å². The predicted molar refractivity (Wildman–Crippen MR) is 65.9 cm³/mol. The third-order valence-corrected chi connectivity index (χ3v) is 3.44. The highest BCUT2D eigenvalue weighted by atomic mass is 32.2. The van der Waals surface area contributed by atoms with Crippen LogP contribution >= 0.6 is 11.3 Å². The summed E-state index contributed by atoms with van der Waals surface area (Å²) in [6, 6.07) is 3.11. The zero-order valence-corrected chi connectivity index (χ0v) is 10.8. The van der Waals surface area contributed by atoms with Gasteiger partial charge in [0.1, 0.15) is 11.6 Å². The first-order valence-electron chi connectivity index (χ1n) is 4.74. The van der Waals surface area contributed by atoms with Crippen LogP contribution in [0.15, 0.2) is 23.6 Å². The first kappa shape index (κ1) is 12.9. The average Bonchev–Trinajstić information content (AvgIpc) is 2.63. The smallest absolute Gasteiger partial charge is 0.231 e. The van der Waals surface area contributed by atoms with Crippen LogP contribution in [0, 0.1) is 11.6 Å². The van der Waals surface area contributed by atoms with E-state index in [1.54, 1.807) is 0 Å². The molecule has 4 nitrogen and oxygen atoms in total. The summed E-state index contributed by atoms with van der Waals surface area (Å²) in [5, 5.41) is 1.63. The number of hydrogen-bond acceptors (Lipinski definition) is 4. The molecule has 0 aliphatic carbocycles. The van der Waals surface area contributed by atoms with Crippen molar-refractivity contribution in [3.8, 4) is 11.3 Å². The molecule has 0 saturated carbocycles. The summed E-state index contributed by atoms with van der Waals surface area (Å²) in [6.45, 7) is 0. The highest BCUT2D eigenvalue weighted by Gasteiger charge is 2.12. The Morgan fingerprint density at radius 1 is 1.33 bits per heavy atom. The fourth-order valence-corrected chi connectivity index (χ4v) is 2.86. The van der Waals surface area contributed by atoms with E-state index in [4.69, 9.17) is 0 Å². The van der Waals surface area contributed by atoms with Gasteiger partial charge in [-0.15, -0.1) is 11.3 Å². The Hall–Kier alpha value is -1.54. The van der Waals surface area contributed by atoms with Gasteiger partial charge < -0.3 is 0 Å².